The number of aryl methyl sites for hydroxylation is 1. The second-order valence-corrected chi connectivity index (χ2v) is 6.05. The molecular weight excluding hydrogens is 265 g/mol. The highest BCUT2D eigenvalue weighted by Gasteiger charge is 2.51. The average molecular weight is 281 g/mol. The van der Waals surface area contributed by atoms with Crippen molar-refractivity contribution in [3.8, 4) is 0 Å². The third kappa shape index (κ3) is 1.80. The summed E-state index contributed by atoms with van der Waals surface area (Å²) in [6.45, 7) is 0. The monoisotopic (exact) mass is 281 g/mol. The number of amides is 1. The fraction of sp³-hybridized carbons (Fsp3) is 0.278. The first kappa shape index (κ1) is 12.6. The van der Waals surface area contributed by atoms with Gasteiger partial charge >= 0.3 is 0 Å². The van der Waals surface area contributed by atoms with Gasteiger partial charge in [-0.15, -0.1) is 0 Å². The quantitative estimate of drug-likeness (QED) is 0.854. The lowest BCUT2D eigenvalue weighted by Gasteiger charge is -2.31. The molecule has 106 valence electrons. The Balaban J connectivity index is 1.86. The van der Waals surface area contributed by atoms with Crippen molar-refractivity contribution < 1.29 is 9.18 Å². The van der Waals surface area contributed by atoms with Crippen LogP contribution in [0.5, 0.6) is 0 Å². The van der Waals surface area contributed by atoms with E-state index in [1.807, 2.05) is 24.3 Å². The number of hydrogen-bond donors (Lipinski definition) is 1. The van der Waals surface area contributed by atoms with E-state index in [9.17, 15) is 9.18 Å². The SMILES string of the molecule is O=C1CC2(CCc3cc(F)ccc32)C(c2ccccc2)N1. The highest BCUT2D eigenvalue weighted by molar-refractivity contribution is 5.82. The number of fused-ring (bicyclic) bond motifs is 2. The summed E-state index contributed by atoms with van der Waals surface area (Å²) in [5.74, 6) is -0.111. The minimum absolute atomic E-state index is 0.0158. The maximum atomic E-state index is 13.5. The summed E-state index contributed by atoms with van der Waals surface area (Å²) >= 11 is 0. The molecular formula is C18H16FNO. The van der Waals surface area contributed by atoms with Crippen molar-refractivity contribution in [1.29, 1.82) is 0 Å². The average Bonchev–Trinajstić information content (AvgIpc) is 3.01. The smallest absolute Gasteiger partial charge is 0.221 e. The molecule has 2 unspecified atom stereocenters. The molecule has 0 aromatic heterocycles. The van der Waals surface area contributed by atoms with Gasteiger partial charge < -0.3 is 5.32 Å². The predicted octanol–water partition coefficient (Wildman–Crippen LogP) is 3.27. The molecule has 2 aromatic rings. The molecule has 4 rings (SSSR count). The van der Waals surface area contributed by atoms with Gasteiger partial charge in [0.05, 0.1) is 6.04 Å². The molecule has 1 aliphatic heterocycles. The van der Waals surface area contributed by atoms with Gasteiger partial charge in [0.15, 0.2) is 0 Å². The molecule has 0 radical (unpaired) electrons. The van der Waals surface area contributed by atoms with Crippen molar-refractivity contribution in [3.05, 3.63) is 71.0 Å². The summed E-state index contributed by atoms with van der Waals surface area (Å²) < 4.78 is 13.5. The van der Waals surface area contributed by atoms with Gasteiger partial charge in [-0.05, 0) is 41.7 Å². The minimum Gasteiger partial charge on any atom is -0.348 e. The van der Waals surface area contributed by atoms with Crippen LogP contribution in [0.3, 0.4) is 0 Å². The lowest BCUT2D eigenvalue weighted by atomic mass is 9.73. The Hall–Kier alpha value is -2.16. The van der Waals surface area contributed by atoms with E-state index < -0.39 is 0 Å². The van der Waals surface area contributed by atoms with Crippen LogP contribution in [0.4, 0.5) is 4.39 Å². The number of rotatable bonds is 1. The van der Waals surface area contributed by atoms with Gasteiger partial charge in [0.1, 0.15) is 5.82 Å². The van der Waals surface area contributed by atoms with Crippen LogP contribution in [0.25, 0.3) is 0 Å². The molecule has 1 aliphatic carbocycles. The van der Waals surface area contributed by atoms with Crippen molar-refractivity contribution in [2.75, 3.05) is 0 Å². The highest BCUT2D eigenvalue weighted by Crippen LogP contribution is 2.52. The molecule has 2 atom stereocenters. The van der Waals surface area contributed by atoms with Crippen LogP contribution < -0.4 is 5.32 Å². The van der Waals surface area contributed by atoms with Gasteiger partial charge in [-0.1, -0.05) is 36.4 Å². The molecule has 1 fully saturated rings. The third-order valence-electron chi connectivity index (χ3n) is 4.91. The van der Waals surface area contributed by atoms with Crippen molar-refractivity contribution in [3.63, 3.8) is 0 Å². The molecule has 1 saturated heterocycles. The zero-order chi connectivity index (χ0) is 14.4. The van der Waals surface area contributed by atoms with Gasteiger partial charge in [0, 0.05) is 11.8 Å². The topological polar surface area (TPSA) is 29.1 Å². The lowest BCUT2D eigenvalue weighted by Crippen LogP contribution is -2.31. The second-order valence-electron chi connectivity index (χ2n) is 6.05. The van der Waals surface area contributed by atoms with Crippen LogP contribution in [-0.4, -0.2) is 5.91 Å². The molecule has 2 aliphatic rings. The number of nitrogens with one attached hydrogen (secondary N) is 1. The number of halogens is 1. The molecule has 3 heteroatoms. The van der Waals surface area contributed by atoms with Gasteiger partial charge in [-0.2, -0.15) is 0 Å². The predicted molar refractivity (Wildman–Crippen MR) is 78.3 cm³/mol. The summed E-state index contributed by atoms with van der Waals surface area (Å²) in [7, 11) is 0. The fourth-order valence-corrected chi connectivity index (χ4v) is 4.02. The molecule has 21 heavy (non-hydrogen) atoms. The third-order valence-corrected chi connectivity index (χ3v) is 4.91. The van der Waals surface area contributed by atoms with E-state index in [2.05, 4.69) is 17.4 Å². The number of benzene rings is 2. The maximum absolute atomic E-state index is 13.5. The van der Waals surface area contributed by atoms with E-state index in [0.717, 1.165) is 29.5 Å². The van der Waals surface area contributed by atoms with E-state index >= 15 is 0 Å². The van der Waals surface area contributed by atoms with E-state index in [-0.39, 0.29) is 23.2 Å². The van der Waals surface area contributed by atoms with Gasteiger partial charge in [-0.25, -0.2) is 4.39 Å². The molecule has 1 amide bonds. The van der Waals surface area contributed by atoms with E-state index in [4.69, 9.17) is 0 Å². The Bertz CT molecular complexity index is 712. The standard InChI is InChI=1S/C18H16FNO/c19-14-6-7-15-13(10-14)8-9-18(15)11-16(21)20-17(18)12-4-2-1-3-5-12/h1-7,10,17H,8-9,11H2,(H,20,21). The lowest BCUT2D eigenvalue weighted by molar-refractivity contribution is -0.119. The Labute approximate surface area is 123 Å². The number of carbonyl (C=O) groups is 1. The van der Waals surface area contributed by atoms with E-state index in [0.29, 0.717) is 6.42 Å². The summed E-state index contributed by atoms with van der Waals surface area (Å²) in [5.41, 5.74) is 3.09. The van der Waals surface area contributed by atoms with Crippen LogP contribution >= 0.6 is 0 Å². The van der Waals surface area contributed by atoms with Crippen LogP contribution in [-0.2, 0) is 16.6 Å². The first-order chi connectivity index (χ1) is 10.2. The van der Waals surface area contributed by atoms with Crippen molar-refractivity contribution in [2.24, 2.45) is 0 Å². The van der Waals surface area contributed by atoms with Crippen molar-refractivity contribution in [2.45, 2.75) is 30.7 Å². The Morgan fingerprint density at radius 3 is 2.76 bits per heavy atom. The molecule has 2 nitrogen and oxygen atoms in total. The van der Waals surface area contributed by atoms with E-state index in [1.165, 1.54) is 6.07 Å². The normalized spacial score (nSPS) is 26.9. The van der Waals surface area contributed by atoms with Crippen LogP contribution in [0, 0.1) is 5.82 Å². The first-order valence-electron chi connectivity index (χ1n) is 7.32. The molecule has 1 heterocycles. The molecule has 1 N–H and O–H groups in total. The molecule has 2 aromatic carbocycles. The van der Waals surface area contributed by atoms with Crippen molar-refractivity contribution in [1.82, 2.24) is 5.32 Å². The second kappa shape index (κ2) is 4.42. The summed E-state index contributed by atoms with van der Waals surface area (Å²) in [5, 5.41) is 3.13. The maximum Gasteiger partial charge on any atom is 0.221 e. The molecule has 1 spiro atoms. The van der Waals surface area contributed by atoms with E-state index in [1.54, 1.807) is 6.07 Å². The summed E-state index contributed by atoms with van der Waals surface area (Å²) in [4.78, 5) is 12.1. The number of hydrogen-bond acceptors (Lipinski definition) is 1. The summed E-state index contributed by atoms with van der Waals surface area (Å²) in [6.07, 6.45) is 2.22. The van der Waals surface area contributed by atoms with Crippen LogP contribution in [0.2, 0.25) is 0 Å². The molecule has 0 saturated carbocycles. The number of carbonyl (C=O) groups excluding carboxylic acids is 1. The highest BCUT2D eigenvalue weighted by atomic mass is 19.1. The Morgan fingerprint density at radius 2 is 1.95 bits per heavy atom. The molecule has 0 bridgehead atoms. The minimum atomic E-state index is -0.221. The fourth-order valence-electron chi connectivity index (χ4n) is 4.02. The Morgan fingerprint density at radius 1 is 1.14 bits per heavy atom. The zero-order valence-electron chi connectivity index (χ0n) is 11.6. The van der Waals surface area contributed by atoms with Gasteiger partial charge in [0.2, 0.25) is 5.91 Å². The van der Waals surface area contributed by atoms with Crippen LogP contribution in [0.1, 0.15) is 35.6 Å². The summed E-state index contributed by atoms with van der Waals surface area (Å²) in [6, 6.07) is 15.1. The zero-order valence-corrected chi connectivity index (χ0v) is 11.6. The largest absolute Gasteiger partial charge is 0.348 e. The Kier molecular flexibility index (Phi) is 2.64. The van der Waals surface area contributed by atoms with Gasteiger partial charge in [0.25, 0.3) is 0 Å². The van der Waals surface area contributed by atoms with Gasteiger partial charge in [-0.3, -0.25) is 4.79 Å². The van der Waals surface area contributed by atoms with Crippen molar-refractivity contribution >= 4 is 5.91 Å². The first-order valence-corrected chi connectivity index (χ1v) is 7.32. The van der Waals surface area contributed by atoms with Crippen LogP contribution in [0.15, 0.2) is 48.5 Å².